The number of aliphatic hydroxyl groups is 2. The van der Waals surface area contributed by atoms with Crippen molar-refractivity contribution in [1.29, 1.82) is 0 Å². The van der Waals surface area contributed by atoms with Gasteiger partial charge in [-0.3, -0.25) is 23.0 Å². The minimum atomic E-state index is -5.08. The van der Waals surface area contributed by atoms with Crippen LogP contribution in [-0.4, -0.2) is 99.0 Å². The van der Waals surface area contributed by atoms with Crippen LogP contribution >= 0.6 is 7.82 Å². The highest BCUT2D eigenvalue weighted by Crippen LogP contribution is 2.50. The largest absolute Gasteiger partial charge is 0.472 e. The summed E-state index contributed by atoms with van der Waals surface area (Å²) in [6.07, 6.45) is -7.85. The molecule has 5 aromatic rings. The molecule has 9 atom stereocenters. The van der Waals surface area contributed by atoms with Crippen molar-refractivity contribution in [3.63, 3.8) is 0 Å². The van der Waals surface area contributed by atoms with Gasteiger partial charge in [-0.25, -0.2) is 24.3 Å². The van der Waals surface area contributed by atoms with Crippen molar-refractivity contribution in [1.82, 2.24) is 34.1 Å². The monoisotopic (exact) mass is 768 g/mol. The Hall–Kier alpha value is -4.73. The average Bonchev–Trinajstić information content (AvgIpc) is 3.82. The van der Waals surface area contributed by atoms with E-state index in [-0.39, 0.29) is 30.3 Å². The molecule has 0 aliphatic carbocycles. The number of ether oxygens (including phenoxy) is 4. The summed E-state index contributed by atoms with van der Waals surface area (Å²) in [5.41, 5.74) is 5.94. The number of hydrogen-bond acceptors (Lipinski definition) is 16. The third-order valence-corrected chi connectivity index (χ3v) is 9.84. The first-order chi connectivity index (χ1) is 26.0. The van der Waals surface area contributed by atoms with Crippen LogP contribution < -0.4 is 17.0 Å². The van der Waals surface area contributed by atoms with Crippen LogP contribution in [0.1, 0.15) is 29.4 Å². The van der Waals surface area contributed by atoms with Gasteiger partial charge in [-0.15, -0.1) is 0 Å². The van der Waals surface area contributed by atoms with Crippen molar-refractivity contribution in [2.45, 2.75) is 69.2 Å². The minimum absolute atomic E-state index is 0.0285. The zero-order valence-electron chi connectivity index (χ0n) is 28.6. The van der Waals surface area contributed by atoms with E-state index in [4.69, 9.17) is 33.7 Å². The van der Waals surface area contributed by atoms with E-state index in [1.165, 1.54) is 10.9 Å². The molecular formula is C33H37N8O12P. The highest BCUT2D eigenvalue weighted by molar-refractivity contribution is 7.47. The lowest BCUT2D eigenvalue weighted by molar-refractivity contribution is -0.0815. The maximum Gasteiger partial charge on any atom is 0.472 e. The minimum Gasteiger partial charge on any atom is -0.394 e. The van der Waals surface area contributed by atoms with E-state index in [0.717, 1.165) is 22.0 Å². The highest BCUT2D eigenvalue weighted by Gasteiger charge is 2.52. The SMILES string of the molecule is Cc1nc2c(ncn2[C@@H]2O[C@H](COP(=O)(O)OC3[C@@H](CO)O[C@@H](n4cnc(N)nc4=O)[C@H]3OCc3ccccc3)C(O)[C@@H]2OCc2ccccc2)c(=O)[nH]1. The van der Waals surface area contributed by atoms with Crippen molar-refractivity contribution in [2.24, 2.45) is 0 Å². The Morgan fingerprint density at radius 1 is 0.870 bits per heavy atom. The Morgan fingerprint density at radius 2 is 1.48 bits per heavy atom. The molecular weight excluding hydrogens is 731 g/mol. The molecule has 2 aliphatic rings. The van der Waals surface area contributed by atoms with Gasteiger partial charge in [0.15, 0.2) is 23.6 Å². The van der Waals surface area contributed by atoms with E-state index in [0.29, 0.717) is 5.82 Å². The molecule has 0 saturated carbocycles. The summed E-state index contributed by atoms with van der Waals surface area (Å²) in [6, 6.07) is 18.1. The molecule has 54 heavy (non-hydrogen) atoms. The zero-order valence-corrected chi connectivity index (χ0v) is 29.5. The summed E-state index contributed by atoms with van der Waals surface area (Å²) in [4.78, 5) is 55.0. The summed E-state index contributed by atoms with van der Waals surface area (Å²) in [7, 11) is -5.08. The van der Waals surface area contributed by atoms with E-state index in [1.807, 2.05) is 36.4 Å². The number of rotatable bonds is 14. The number of fused-ring (bicyclic) bond motifs is 1. The van der Waals surface area contributed by atoms with Crippen LogP contribution in [0.15, 0.2) is 82.9 Å². The molecule has 0 bridgehead atoms. The fourth-order valence-corrected chi connectivity index (χ4v) is 7.24. The average molecular weight is 769 g/mol. The number of aromatic amines is 1. The first kappa shape index (κ1) is 37.6. The molecule has 2 fully saturated rings. The molecule has 7 rings (SSSR count). The van der Waals surface area contributed by atoms with Crippen LogP contribution in [-0.2, 0) is 45.8 Å². The number of anilines is 1. The molecule has 3 unspecified atom stereocenters. The number of nitrogens with zero attached hydrogens (tertiary/aromatic N) is 6. The van der Waals surface area contributed by atoms with Crippen LogP contribution in [0.3, 0.4) is 0 Å². The van der Waals surface area contributed by atoms with Gasteiger partial charge in [-0.1, -0.05) is 60.7 Å². The molecule has 5 heterocycles. The number of aryl methyl sites for hydroxylation is 1. The third kappa shape index (κ3) is 8.03. The van der Waals surface area contributed by atoms with Gasteiger partial charge in [0.25, 0.3) is 5.56 Å². The lowest BCUT2D eigenvalue weighted by atomic mass is 10.1. The molecule has 0 spiro atoms. The van der Waals surface area contributed by atoms with Crippen LogP contribution in [0.5, 0.6) is 0 Å². The van der Waals surface area contributed by atoms with Crippen molar-refractivity contribution in [2.75, 3.05) is 18.9 Å². The van der Waals surface area contributed by atoms with Gasteiger partial charge in [0, 0.05) is 0 Å². The molecule has 2 saturated heterocycles. The lowest BCUT2D eigenvalue weighted by Gasteiger charge is -2.26. The van der Waals surface area contributed by atoms with E-state index >= 15 is 0 Å². The Bertz CT molecular complexity index is 2220. The second-order valence-corrected chi connectivity index (χ2v) is 13.9. The maximum atomic E-state index is 13.6. The summed E-state index contributed by atoms with van der Waals surface area (Å²) in [6.45, 7) is 0.229. The standard InChI is InChI=1S/C33H37N8O12P/c1-18-37-28-23(29(44)38-18)35-16-40(28)30-26(48-13-19-8-4-2-5-9-19)24(43)22(52-30)15-50-54(46,47)53-25-21(12-42)51-31(41-17-36-32(34)39-33(41)45)27(25)49-14-20-10-6-3-7-11-20/h2-11,16-17,21-22,24-27,30-31,42-43H,12-15H2,1H3,(H,46,47)(H2,34,39,45)(H,37,38,44)/t21-,22-,24?,25?,26+,27+,30-,31-/m1/s1. The second-order valence-electron chi connectivity index (χ2n) is 12.5. The third-order valence-electron chi connectivity index (χ3n) is 8.85. The van der Waals surface area contributed by atoms with Gasteiger partial charge >= 0.3 is 13.5 Å². The topological polar surface area (TPSA) is 271 Å². The predicted octanol–water partition coefficient (Wildman–Crippen LogP) is 0.483. The molecule has 21 heteroatoms. The Morgan fingerprint density at radius 3 is 2.13 bits per heavy atom. The Kier molecular flexibility index (Phi) is 11.1. The van der Waals surface area contributed by atoms with E-state index in [1.54, 1.807) is 31.2 Å². The molecule has 2 aliphatic heterocycles. The van der Waals surface area contributed by atoms with Crippen LogP contribution in [0.25, 0.3) is 11.2 Å². The number of phosphoric ester groups is 1. The number of benzene rings is 2. The highest BCUT2D eigenvalue weighted by atomic mass is 31.2. The number of nitrogen functional groups attached to an aromatic ring is 1. The number of phosphoric acid groups is 1. The first-order valence-electron chi connectivity index (χ1n) is 16.7. The Balaban J connectivity index is 1.11. The van der Waals surface area contributed by atoms with Gasteiger partial charge in [0.2, 0.25) is 5.95 Å². The van der Waals surface area contributed by atoms with Gasteiger partial charge < -0.3 is 44.8 Å². The van der Waals surface area contributed by atoms with E-state index in [2.05, 4.69) is 24.9 Å². The van der Waals surface area contributed by atoms with Gasteiger partial charge in [0.1, 0.15) is 48.8 Å². The Labute approximate surface area is 305 Å². The number of nitrogens with one attached hydrogen (secondary N) is 1. The van der Waals surface area contributed by atoms with Gasteiger partial charge in [-0.05, 0) is 18.1 Å². The van der Waals surface area contributed by atoms with Crippen LogP contribution in [0.2, 0.25) is 0 Å². The summed E-state index contributed by atoms with van der Waals surface area (Å²) >= 11 is 0. The predicted molar refractivity (Wildman–Crippen MR) is 185 cm³/mol. The van der Waals surface area contributed by atoms with Gasteiger partial charge in [-0.2, -0.15) is 4.98 Å². The number of H-pyrrole nitrogens is 1. The van der Waals surface area contributed by atoms with E-state index < -0.39 is 81.4 Å². The number of aromatic nitrogens is 7. The van der Waals surface area contributed by atoms with Crippen molar-refractivity contribution < 1.29 is 47.7 Å². The molecule has 20 nitrogen and oxygen atoms in total. The molecule has 0 amide bonds. The summed E-state index contributed by atoms with van der Waals surface area (Å²) < 4.78 is 51.2. The quantitative estimate of drug-likeness (QED) is 0.0962. The van der Waals surface area contributed by atoms with Crippen molar-refractivity contribution in [3.8, 4) is 0 Å². The molecule has 0 radical (unpaired) electrons. The molecule has 3 aromatic heterocycles. The maximum absolute atomic E-state index is 13.6. The van der Waals surface area contributed by atoms with Crippen LogP contribution in [0, 0.1) is 6.92 Å². The van der Waals surface area contributed by atoms with E-state index in [9.17, 15) is 29.3 Å². The molecule has 2 aromatic carbocycles. The zero-order chi connectivity index (χ0) is 38.0. The summed E-state index contributed by atoms with van der Waals surface area (Å²) in [5.74, 6) is 0.0234. The van der Waals surface area contributed by atoms with Gasteiger partial charge in [0.05, 0.1) is 32.8 Å². The lowest BCUT2D eigenvalue weighted by Crippen LogP contribution is -2.40. The molecule has 6 N–H and O–H groups in total. The smallest absolute Gasteiger partial charge is 0.394 e. The number of nitrogens with two attached hydrogens (primary N) is 1. The number of aliphatic hydroxyl groups excluding tert-OH is 2. The van der Waals surface area contributed by atoms with Crippen molar-refractivity contribution >= 4 is 24.9 Å². The normalized spacial score (nSPS) is 26.7. The summed E-state index contributed by atoms with van der Waals surface area (Å²) in [5, 5.41) is 21.7. The first-order valence-corrected chi connectivity index (χ1v) is 18.2. The fraction of sp³-hybridized carbons (Fsp3) is 0.394. The van der Waals surface area contributed by atoms with Crippen molar-refractivity contribution in [3.05, 3.63) is 111 Å². The van der Waals surface area contributed by atoms with Crippen LogP contribution in [0.4, 0.5) is 5.95 Å². The fourth-order valence-electron chi connectivity index (χ4n) is 6.28. The number of hydrogen-bond donors (Lipinski definition) is 5. The number of imidazole rings is 1. The second kappa shape index (κ2) is 15.9. The molecule has 286 valence electrons.